The molecule has 0 spiro atoms. The fourth-order valence-corrected chi connectivity index (χ4v) is 2.07. The first-order valence-corrected chi connectivity index (χ1v) is 6.04. The summed E-state index contributed by atoms with van der Waals surface area (Å²) in [5, 5.41) is 11.5. The van der Waals surface area contributed by atoms with E-state index in [1.54, 1.807) is 6.92 Å². The SMILES string of the molecule is Cc1ocnc1C(=O)NC(C)(C)c1nnc(N)s1. The highest BCUT2D eigenvalue weighted by Gasteiger charge is 2.29. The van der Waals surface area contributed by atoms with E-state index in [-0.39, 0.29) is 11.6 Å². The summed E-state index contributed by atoms with van der Waals surface area (Å²) in [5.41, 5.74) is 5.13. The summed E-state index contributed by atoms with van der Waals surface area (Å²) in [7, 11) is 0. The van der Waals surface area contributed by atoms with E-state index in [1.807, 2.05) is 13.8 Å². The van der Waals surface area contributed by atoms with Crippen molar-refractivity contribution < 1.29 is 9.21 Å². The monoisotopic (exact) mass is 267 g/mol. The normalized spacial score (nSPS) is 11.5. The third-order valence-corrected chi connectivity index (χ3v) is 3.44. The first-order valence-electron chi connectivity index (χ1n) is 5.22. The van der Waals surface area contributed by atoms with Crippen molar-refractivity contribution in [2.24, 2.45) is 0 Å². The van der Waals surface area contributed by atoms with E-state index in [9.17, 15) is 4.79 Å². The van der Waals surface area contributed by atoms with Gasteiger partial charge in [-0.1, -0.05) is 11.3 Å². The van der Waals surface area contributed by atoms with Crippen LogP contribution in [0.3, 0.4) is 0 Å². The van der Waals surface area contributed by atoms with E-state index < -0.39 is 5.54 Å². The van der Waals surface area contributed by atoms with Gasteiger partial charge in [0.1, 0.15) is 10.8 Å². The van der Waals surface area contributed by atoms with E-state index >= 15 is 0 Å². The number of aryl methyl sites for hydroxylation is 1. The van der Waals surface area contributed by atoms with Crippen LogP contribution in [-0.4, -0.2) is 21.1 Å². The number of amides is 1. The molecule has 0 aliphatic heterocycles. The van der Waals surface area contributed by atoms with Crippen molar-refractivity contribution in [1.82, 2.24) is 20.5 Å². The number of oxazole rings is 1. The molecule has 2 rings (SSSR count). The fraction of sp³-hybridized carbons (Fsp3) is 0.400. The lowest BCUT2D eigenvalue weighted by molar-refractivity contribution is 0.0905. The average molecular weight is 267 g/mol. The molecule has 96 valence electrons. The Kier molecular flexibility index (Phi) is 3.04. The lowest BCUT2D eigenvalue weighted by Gasteiger charge is -2.22. The molecule has 2 aromatic heterocycles. The smallest absolute Gasteiger partial charge is 0.274 e. The van der Waals surface area contributed by atoms with E-state index in [0.29, 0.717) is 15.9 Å². The van der Waals surface area contributed by atoms with Crippen molar-refractivity contribution in [3.8, 4) is 0 Å². The van der Waals surface area contributed by atoms with Crippen molar-refractivity contribution in [3.05, 3.63) is 22.9 Å². The van der Waals surface area contributed by atoms with Gasteiger partial charge in [-0.05, 0) is 20.8 Å². The number of hydrogen-bond donors (Lipinski definition) is 2. The van der Waals surface area contributed by atoms with Crippen LogP contribution in [0.2, 0.25) is 0 Å². The summed E-state index contributed by atoms with van der Waals surface area (Å²) in [4.78, 5) is 15.9. The van der Waals surface area contributed by atoms with Gasteiger partial charge in [0.25, 0.3) is 5.91 Å². The molecule has 0 saturated heterocycles. The van der Waals surface area contributed by atoms with Gasteiger partial charge < -0.3 is 15.5 Å². The van der Waals surface area contributed by atoms with Gasteiger partial charge >= 0.3 is 0 Å². The van der Waals surface area contributed by atoms with Gasteiger partial charge in [0.05, 0.1) is 5.54 Å². The number of nitrogens with zero attached hydrogens (tertiary/aromatic N) is 3. The average Bonchev–Trinajstić information content (AvgIpc) is 2.86. The molecule has 0 saturated carbocycles. The number of carbonyl (C=O) groups excluding carboxylic acids is 1. The molecular weight excluding hydrogens is 254 g/mol. The van der Waals surface area contributed by atoms with Crippen molar-refractivity contribution in [2.75, 3.05) is 5.73 Å². The first-order chi connectivity index (χ1) is 8.40. The fourth-order valence-electron chi connectivity index (χ4n) is 1.41. The third kappa shape index (κ3) is 2.33. The lowest BCUT2D eigenvalue weighted by atomic mass is 10.1. The van der Waals surface area contributed by atoms with Gasteiger partial charge in [-0.3, -0.25) is 4.79 Å². The van der Waals surface area contributed by atoms with Crippen molar-refractivity contribution in [1.29, 1.82) is 0 Å². The topological polar surface area (TPSA) is 107 Å². The molecule has 7 nitrogen and oxygen atoms in total. The number of nitrogen functional groups attached to an aromatic ring is 1. The second kappa shape index (κ2) is 4.37. The number of nitrogens with two attached hydrogens (primary N) is 1. The Hall–Kier alpha value is -1.96. The Morgan fingerprint density at radius 2 is 2.22 bits per heavy atom. The Balaban J connectivity index is 2.18. The van der Waals surface area contributed by atoms with E-state index in [0.717, 1.165) is 0 Å². The minimum Gasteiger partial charge on any atom is -0.448 e. The zero-order chi connectivity index (χ0) is 13.3. The number of carbonyl (C=O) groups is 1. The molecule has 18 heavy (non-hydrogen) atoms. The summed E-state index contributed by atoms with van der Waals surface area (Å²) in [6, 6.07) is 0. The van der Waals surface area contributed by atoms with Crippen LogP contribution in [0.5, 0.6) is 0 Å². The van der Waals surface area contributed by atoms with E-state index in [2.05, 4.69) is 20.5 Å². The van der Waals surface area contributed by atoms with Crippen molar-refractivity contribution in [3.63, 3.8) is 0 Å². The summed E-state index contributed by atoms with van der Waals surface area (Å²) in [6.07, 6.45) is 1.24. The summed E-state index contributed by atoms with van der Waals surface area (Å²) >= 11 is 1.24. The highest BCUT2D eigenvalue weighted by atomic mass is 32.1. The summed E-state index contributed by atoms with van der Waals surface area (Å²) in [5.74, 6) is 0.153. The maximum Gasteiger partial charge on any atom is 0.274 e. The van der Waals surface area contributed by atoms with Crippen molar-refractivity contribution in [2.45, 2.75) is 26.3 Å². The van der Waals surface area contributed by atoms with Crippen LogP contribution in [0.1, 0.15) is 35.1 Å². The van der Waals surface area contributed by atoms with Crippen LogP contribution < -0.4 is 11.1 Å². The zero-order valence-electron chi connectivity index (χ0n) is 10.2. The zero-order valence-corrected chi connectivity index (χ0v) is 11.0. The molecular formula is C10H13N5O2S. The molecule has 0 aromatic carbocycles. The van der Waals surface area contributed by atoms with Gasteiger partial charge in [0, 0.05) is 0 Å². The highest BCUT2D eigenvalue weighted by molar-refractivity contribution is 7.15. The lowest BCUT2D eigenvalue weighted by Crippen LogP contribution is -2.41. The molecule has 0 unspecified atom stereocenters. The standard InChI is InChI=1S/C10H13N5O2S/c1-5-6(12-4-17-5)7(16)13-10(2,3)8-14-15-9(11)18-8/h4H,1-3H3,(H2,11,15)(H,13,16). The third-order valence-electron chi connectivity index (χ3n) is 2.36. The Morgan fingerprint density at radius 3 is 2.72 bits per heavy atom. The summed E-state index contributed by atoms with van der Waals surface area (Å²) in [6.45, 7) is 5.32. The molecule has 2 heterocycles. The van der Waals surface area contributed by atoms with Crippen LogP contribution in [0.25, 0.3) is 0 Å². The van der Waals surface area contributed by atoms with Gasteiger partial charge in [0.2, 0.25) is 5.13 Å². The Labute approximate surface area is 107 Å². The second-order valence-electron chi connectivity index (χ2n) is 4.28. The van der Waals surface area contributed by atoms with Gasteiger partial charge in [-0.2, -0.15) is 0 Å². The number of rotatable bonds is 3. The predicted octanol–water partition coefficient (Wildman–Crippen LogP) is 1.08. The molecule has 2 aromatic rings. The quantitative estimate of drug-likeness (QED) is 0.861. The van der Waals surface area contributed by atoms with Crippen molar-refractivity contribution >= 4 is 22.4 Å². The first kappa shape index (κ1) is 12.5. The molecule has 8 heteroatoms. The molecule has 0 fully saturated rings. The van der Waals surface area contributed by atoms with Crippen LogP contribution in [0.15, 0.2) is 10.8 Å². The van der Waals surface area contributed by atoms with Crippen LogP contribution >= 0.6 is 11.3 Å². The Bertz CT molecular complexity index is 574. The van der Waals surface area contributed by atoms with Crippen LogP contribution in [0.4, 0.5) is 5.13 Å². The largest absolute Gasteiger partial charge is 0.448 e. The maximum atomic E-state index is 12.0. The molecule has 3 N–H and O–H groups in total. The second-order valence-corrected chi connectivity index (χ2v) is 5.29. The molecule has 0 aliphatic carbocycles. The number of anilines is 1. The molecule has 0 aliphatic rings. The van der Waals surface area contributed by atoms with Gasteiger partial charge in [-0.15, -0.1) is 10.2 Å². The molecule has 0 atom stereocenters. The maximum absolute atomic E-state index is 12.0. The molecule has 0 bridgehead atoms. The highest BCUT2D eigenvalue weighted by Crippen LogP contribution is 2.25. The number of nitrogens with one attached hydrogen (secondary N) is 1. The van der Waals surface area contributed by atoms with E-state index in [1.165, 1.54) is 17.7 Å². The van der Waals surface area contributed by atoms with Gasteiger partial charge in [0.15, 0.2) is 12.1 Å². The number of hydrogen-bond acceptors (Lipinski definition) is 7. The Morgan fingerprint density at radius 1 is 1.50 bits per heavy atom. The predicted molar refractivity (Wildman–Crippen MR) is 66.1 cm³/mol. The van der Waals surface area contributed by atoms with Crippen LogP contribution in [-0.2, 0) is 5.54 Å². The summed E-state index contributed by atoms with van der Waals surface area (Å²) < 4.78 is 4.99. The molecule has 1 amide bonds. The van der Waals surface area contributed by atoms with E-state index in [4.69, 9.17) is 10.2 Å². The van der Waals surface area contributed by atoms with Gasteiger partial charge in [-0.25, -0.2) is 4.98 Å². The van der Waals surface area contributed by atoms with Crippen LogP contribution in [0, 0.1) is 6.92 Å². The molecule has 0 radical (unpaired) electrons. The minimum atomic E-state index is -0.669. The minimum absolute atomic E-state index is 0.264. The number of aromatic nitrogens is 3.